The van der Waals surface area contributed by atoms with E-state index in [4.69, 9.17) is 5.73 Å². The highest BCUT2D eigenvalue weighted by atomic mass is 32.2. The van der Waals surface area contributed by atoms with Crippen molar-refractivity contribution >= 4 is 17.7 Å². The number of rotatable bonds is 4. The fourth-order valence-electron chi connectivity index (χ4n) is 0.479. The maximum Gasteiger partial charge on any atom is 0.229 e. The lowest BCUT2D eigenvalue weighted by atomic mass is 10.1. The minimum absolute atomic E-state index is 0.0549. The molecule has 0 bridgehead atoms. The Hall–Kier alpha value is -0.220. The second-order valence-corrected chi connectivity index (χ2v) is 4.14. The first-order valence-electron chi connectivity index (χ1n) is 3.53. The number of nitrogens with two attached hydrogens (primary N) is 1. The minimum Gasteiger partial charge on any atom is -0.358 e. The van der Waals surface area contributed by atoms with Gasteiger partial charge < -0.3 is 11.1 Å². The Morgan fingerprint density at radius 1 is 1.64 bits per heavy atom. The molecule has 11 heavy (non-hydrogen) atoms. The van der Waals surface area contributed by atoms with Gasteiger partial charge in [-0.25, -0.2) is 0 Å². The van der Waals surface area contributed by atoms with Crippen molar-refractivity contribution in [2.45, 2.75) is 19.4 Å². The van der Waals surface area contributed by atoms with Crippen molar-refractivity contribution in [3.63, 3.8) is 0 Å². The third-order valence-electron chi connectivity index (χ3n) is 0.986. The normalized spacial score (nSPS) is 11.3. The second kappa shape index (κ2) is 4.62. The van der Waals surface area contributed by atoms with Gasteiger partial charge in [-0.3, -0.25) is 4.79 Å². The number of hydrogen-bond donors (Lipinski definition) is 2. The molecule has 0 aliphatic rings. The molecule has 0 aliphatic carbocycles. The van der Waals surface area contributed by atoms with E-state index in [1.54, 1.807) is 18.8 Å². The first kappa shape index (κ1) is 10.8. The molecule has 0 aliphatic heterocycles. The largest absolute Gasteiger partial charge is 0.358 e. The van der Waals surface area contributed by atoms with Crippen LogP contribution in [0.1, 0.15) is 13.8 Å². The lowest BCUT2D eigenvalue weighted by molar-refractivity contribution is -0.118. The third-order valence-corrected chi connectivity index (χ3v) is 2.40. The molecule has 0 atom stereocenters. The highest BCUT2D eigenvalue weighted by molar-refractivity contribution is 8.00. The van der Waals surface area contributed by atoms with Crippen LogP contribution in [-0.2, 0) is 4.79 Å². The van der Waals surface area contributed by atoms with E-state index in [0.717, 1.165) is 5.75 Å². The van der Waals surface area contributed by atoms with Crippen LogP contribution >= 0.6 is 11.8 Å². The van der Waals surface area contributed by atoms with E-state index in [0.29, 0.717) is 5.75 Å². The summed E-state index contributed by atoms with van der Waals surface area (Å²) in [5, 5.41) is 2.55. The van der Waals surface area contributed by atoms with E-state index >= 15 is 0 Å². The molecule has 0 saturated heterocycles. The molecule has 3 nitrogen and oxygen atoms in total. The molecule has 0 heterocycles. The molecule has 0 radical (unpaired) electrons. The predicted molar refractivity (Wildman–Crippen MR) is 49.7 cm³/mol. The third kappa shape index (κ3) is 7.68. The smallest absolute Gasteiger partial charge is 0.229 e. The topological polar surface area (TPSA) is 55.1 Å². The second-order valence-electron chi connectivity index (χ2n) is 3.15. The number of hydrogen-bond acceptors (Lipinski definition) is 3. The molecule has 1 amide bonds. The summed E-state index contributed by atoms with van der Waals surface area (Å²) in [6, 6.07) is 0. The van der Waals surface area contributed by atoms with Gasteiger partial charge in [0.05, 0.1) is 5.75 Å². The van der Waals surface area contributed by atoms with Gasteiger partial charge in [0.25, 0.3) is 0 Å². The van der Waals surface area contributed by atoms with Gasteiger partial charge in [-0.15, -0.1) is 0 Å². The van der Waals surface area contributed by atoms with Crippen molar-refractivity contribution in [2.75, 3.05) is 18.6 Å². The fraction of sp³-hybridized carbons (Fsp3) is 0.857. The van der Waals surface area contributed by atoms with Crippen molar-refractivity contribution in [3.05, 3.63) is 0 Å². The standard InChI is InChI=1S/C7H16N2OS/c1-7(2,8)5-11-4-6(10)9-3/h4-5,8H2,1-3H3,(H,9,10). The SMILES string of the molecule is CNC(=O)CSCC(C)(C)N. The Kier molecular flexibility index (Phi) is 4.52. The Labute approximate surface area is 72.1 Å². The van der Waals surface area contributed by atoms with Crippen LogP contribution in [0.2, 0.25) is 0 Å². The molecule has 0 aromatic heterocycles. The average Bonchev–Trinajstić information content (AvgIpc) is 1.85. The Bertz CT molecular complexity index is 131. The summed E-state index contributed by atoms with van der Waals surface area (Å²) in [7, 11) is 1.64. The van der Waals surface area contributed by atoms with Crippen molar-refractivity contribution < 1.29 is 4.79 Å². The molecule has 0 fully saturated rings. The average molecular weight is 176 g/mol. The van der Waals surface area contributed by atoms with Gasteiger partial charge in [0.2, 0.25) is 5.91 Å². The lowest BCUT2D eigenvalue weighted by Crippen LogP contribution is -2.35. The highest BCUT2D eigenvalue weighted by Crippen LogP contribution is 2.08. The summed E-state index contributed by atoms with van der Waals surface area (Å²) < 4.78 is 0. The Morgan fingerprint density at radius 3 is 2.55 bits per heavy atom. The van der Waals surface area contributed by atoms with Crippen molar-refractivity contribution in [2.24, 2.45) is 5.73 Å². The van der Waals surface area contributed by atoms with Gasteiger partial charge in [0, 0.05) is 18.3 Å². The zero-order chi connectivity index (χ0) is 8.91. The van der Waals surface area contributed by atoms with Crippen molar-refractivity contribution in [1.29, 1.82) is 0 Å². The minimum atomic E-state index is -0.182. The van der Waals surface area contributed by atoms with Crippen LogP contribution in [0.15, 0.2) is 0 Å². The van der Waals surface area contributed by atoms with Gasteiger partial charge >= 0.3 is 0 Å². The van der Waals surface area contributed by atoms with Crippen LogP contribution in [0.3, 0.4) is 0 Å². The van der Waals surface area contributed by atoms with Crippen LogP contribution in [0, 0.1) is 0 Å². The van der Waals surface area contributed by atoms with Crippen LogP contribution in [0.4, 0.5) is 0 Å². The van der Waals surface area contributed by atoms with Crippen molar-refractivity contribution in [1.82, 2.24) is 5.32 Å². The molecule has 0 rings (SSSR count). The molecule has 0 saturated carbocycles. The van der Waals surface area contributed by atoms with Crippen LogP contribution in [0.5, 0.6) is 0 Å². The zero-order valence-electron chi connectivity index (χ0n) is 7.31. The molecule has 0 aromatic rings. The van der Waals surface area contributed by atoms with E-state index in [1.807, 2.05) is 13.8 Å². The summed E-state index contributed by atoms with van der Waals surface area (Å²) >= 11 is 1.56. The first-order valence-corrected chi connectivity index (χ1v) is 4.68. The van der Waals surface area contributed by atoms with Crippen LogP contribution in [-0.4, -0.2) is 30.0 Å². The van der Waals surface area contributed by atoms with Crippen molar-refractivity contribution in [3.8, 4) is 0 Å². The Balaban J connectivity index is 3.35. The number of amides is 1. The number of carbonyl (C=O) groups is 1. The van der Waals surface area contributed by atoms with Gasteiger partial charge in [0.1, 0.15) is 0 Å². The van der Waals surface area contributed by atoms with Crippen LogP contribution in [0.25, 0.3) is 0 Å². The van der Waals surface area contributed by atoms with E-state index in [-0.39, 0.29) is 11.4 Å². The molecule has 66 valence electrons. The number of nitrogens with one attached hydrogen (secondary N) is 1. The number of thioether (sulfide) groups is 1. The summed E-state index contributed by atoms with van der Waals surface area (Å²) in [6.07, 6.45) is 0. The zero-order valence-corrected chi connectivity index (χ0v) is 8.12. The van der Waals surface area contributed by atoms with Gasteiger partial charge in [0.15, 0.2) is 0 Å². The monoisotopic (exact) mass is 176 g/mol. The summed E-state index contributed by atoms with van der Waals surface area (Å²) in [5.74, 6) is 1.36. The molecule has 3 N–H and O–H groups in total. The maximum absolute atomic E-state index is 10.7. The molecular weight excluding hydrogens is 160 g/mol. The summed E-state index contributed by atoms with van der Waals surface area (Å²) in [6.45, 7) is 3.90. The lowest BCUT2D eigenvalue weighted by Gasteiger charge is -2.16. The summed E-state index contributed by atoms with van der Waals surface area (Å²) in [4.78, 5) is 10.7. The maximum atomic E-state index is 10.7. The molecule has 0 aromatic carbocycles. The quantitative estimate of drug-likeness (QED) is 0.643. The Morgan fingerprint density at radius 2 is 2.18 bits per heavy atom. The van der Waals surface area contributed by atoms with Crippen LogP contribution < -0.4 is 11.1 Å². The predicted octanol–water partition coefficient (Wildman–Crippen LogP) is 0.203. The van der Waals surface area contributed by atoms with Gasteiger partial charge in [-0.05, 0) is 13.8 Å². The van der Waals surface area contributed by atoms with E-state index < -0.39 is 0 Å². The molecule has 0 spiro atoms. The molecular formula is C7H16N2OS. The van der Waals surface area contributed by atoms with E-state index in [2.05, 4.69) is 5.32 Å². The highest BCUT2D eigenvalue weighted by Gasteiger charge is 2.10. The number of carbonyl (C=O) groups excluding carboxylic acids is 1. The molecule has 0 unspecified atom stereocenters. The van der Waals surface area contributed by atoms with Gasteiger partial charge in [-0.1, -0.05) is 0 Å². The fourth-order valence-corrected chi connectivity index (χ4v) is 1.44. The van der Waals surface area contributed by atoms with Gasteiger partial charge in [-0.2, -0.15) is 11.8 Å². The van der Waals surface area contributed by atoms with E-state index in [9.17, 15) is 4.79 Å². The first-order chi connectivity index (χ1) is 4.95. The summed E-state index contributed by atoms with van der Waals surface area (Å²) in [5.41, 5.74) is 5.53. The van der Waals surface area contributed by atoms with E-state index in [1.165, 1.54) is 0 Å². The molecule has 4 heteroatoms.